The summed E-state index contributed by atoms with van der Waals surface area (Å²) in [5.41, 5.74) is 2.53. The number of hydrogen-bond donors (Lipinski definition) is 1. The van der Waals surface area contributed by atoms with Crippen LogP contribution in [0, 0.1) is 6.92 Å². The summed E-state index contributed by atoms with van der Waals surface area (Å²) in [6.45, 7) is 3.85. The molecule has 2 N–H and O–H groups in total. The zero-order valence-electron chi connectivity index (χ0n) is 10.9. The van der Waals surface area contributed by atoms with Gasteiger partial charge in [-0.25, -0.2) is 5.90 Å². The predicted molar refractivity (Wildman–Crippen MR) is 75.9 cm³/mol. The molecule has 1 aliphatic rings. The van der Waals surface area contributed by atoms with Gasteiger partial charge in [0.25, 0.3) is 0 Å². The van der Waals surface area contributed by atoms with Gasteiger partial charge in [0.15, 0.2) is 0 Å². The van der Waals surface area contributed by atoms with Crippen molar-refractivity contribution in [1.82, 2.24) is 0 Å². The van der Waals surface area contributed by atoms with Crippen molar-refractivity contribution in [3.63, 3.8) is 0 Å². The lowest BCUT2D eigenvalue weighted by atomic mass is 9.98. The molecule has 0 saturated carbocycles. The fourth-order valence-electron chi connectivity index (χ4n) is 2.76. The first-order chi connectivity index (χ1) is 8.72. The molecule has 0 amide bonds. The first-order valence-corrected chi connectivity index (χ1v) is 6.94. The molecule has 1 aliphatic heterocycles. The summed E-state index contributed by atoms with van der Waals surface area (Å²) in [7, 11) is 0. The van der Waals surface area contributed by atoms with Gasteiger partial charge < -0.3 is 9.74 Å². The molecule has 1 fully saturated rings. The Morgan fingerprint density at radius 3 is 3.00 bits per heavy atom. The molecule has 1 aromatic carbocycles. The Hall–Kier alpha value is -0.770. The number of nitrogens with two attached hydrogens (primary N) is 1. The van der Waals surface area contributed by atoms with Gasteiger partial charge in [-0.05, 0) is 56.4 Å². The summed E-state index contributed by atoms with van der Waals surface area (Å²) < 4.78 is 0. The minimum atomic E-state index is 0.530. The molecule has 0 aromatic heterocycles. The molecule has 3 nitrogen and oxygen atoms in total. The van der Waals surface area contributed by atoms with Crippen molar-refractivity contribution in [1.29, 1.82) is 0 Å². The number of nitrogens with zero attached hydrogens (tertiary/aromatic N) is 1. The van der Waals surface area contributed by atoms with Crippen LogP contribution in [0.5, 0.6) is 0 Å². The smallest absolute Gasteiger partial charge is 0.0698 e. The van der Waals surface area contributed by atoms with E-state index in [0.717, 1.165) is 18.0 Å². The Balaban J connectivity index is 2.16. The summed E-state index contributed by atoms with van der Waals surface area (Å²) >= 11 is 6.02. The van der Waals surface area contributed by atoms with E-state index in [0.29, 0.717) is 12.6 Å². The molecule has 18 heavy (non-hydrogen) atoms. The predicted octanol–water partition coefficient (Wildman–Crippen LogP) is 3.29. The van der Waals surface area contributed by atoms with E-state index in [-0.39, 0.29) is 0 Å². The highest BCUT2D eigenvalue weighted by Gasteiger charge is 2.23. The molecule has 0 bridgehead atoms. The highest BCUT2D eigenvalue weighted by Crippen LogP contribution is 2.30. The van der Waals surface area contributed by atoms with Crippen LogP contribution in [0.4, 0.5) is 5.69 Å². The minimum Gasteiger partial charge on any atom is -0.368 e. The van der Waals surface area contributed by atoms with E-state index in [1.807, 2.05) is 12.1 Å². The third kappa shape index (κ3) is 3.16. The SMILES string of the molecule is Cc1cc(Cl)ccc1N1CCCCC1CCON. The van der Waals surface area contributed by atoms with Gasteiger partial charge in [0, 0.05) is 23.3 Å². The highest BCUT2D eigenvalue weighted by atomic mass is 35.5. The Bertz CT molecular complexity index is 397. The monoisotopic (exact) mass is 268 g/mol. The molecule has 1 atom stereocenters. The van der Waals surface area contributed by atoms with Crippen molar-refractivity contribution in [2.45, 2.75) is 38.6 Å². The highest BCUT2D eigenvalue weighted by molar-refractivity contribution is 6.30. The lowest BCUT2D eigenvalue weighted by Crippen LogP contribution is -2.40. The second kappa shape index (κ2) is 6.41. The van der Waals surface area contributed by atoms with Crippen molar-refractivity contribution >= 4 is 17.3 Å². The van der Waals surface area contributed by atoms with Crippen molar-refractivity contribution in [2.24, 2.45) is 5.90 Å². The molecule has 1 unspecified atom stereocenters. The van der Waals surface area contributed by atoms with Gasteiger partial charge in [-0.3, -0.25) is 0 Å². The topological polar surface area (TPSA) is 38.5 Å². The molecule has 1 aromatic rings. The number of anilines is 1. The Morgan fingerprint density at radius 1 is 1.44 bits per heavy atom. The average molecular weight is 269 g/mol. The van der Waals surface area contributed by atoms with Crippen LogP contribution in [0.1, 0.15) is 31.2 Å². The Kier molecular flexibility index (Phi) is 4.87. The molecule has 1 saturated heterocycles. The van der Waals surface area contributed by atoms with Gasteiger partial charge in [-0.1, -0.05) is 11.6 Å². The zero-order valence-corrected chi connectivity index (χ0v) is 11.6. The maximum absolute atomic E-state index is 6.02. The molecule has 2 rings (SSSR count). The quantitative estimate of drug-likeness (QED) is 0.852. The van der Waals surface area contributed by atoms with Crippen LogP contribution in [0.2, 0.25) is 5.02 Å². The third-order valence-corrected chi connectivity index (χ3v) is 3.90. The Morgan fingerprint density at radius 2 is 2.28 bits per heavy atom. The van der Waals surface area contributed by atoms with Crippen LogP contribution in [-0.4, -0.2) is 19.2 Å². The summed E-state index contributed by atoms with van der Waals surface area (Å²) in [4.78, 5) is 7.21. The van der Waals surface area contributed by atoms with E-state index in [1.54, 1.807) is 0 Å². The molecule has 4 heteroatoms. The Labute approximate surface area is 114 Å². The van der Waals surface area contributed by atoms with E-state index >= 15 is 0 Å². The van der Waals surface area contributed by atoms with Gasteiger partial charge in [0.05, 0.1) is 6.61 Å². The van der Waals surface area contributed by atoms with Crippen molar-refractivity contribution in [3.05, 3.63) is 28.8 Å². The largest absolute Gasteiger partial charge is 0.368 e. The molecule has 100 valence electrons. The molecular weight excluding hydrogens is 248 g/mol. The summed E-state index contributed by atoms with van der Waals surface area (Å²) in [5, 5.41) is 0.801. The van der Waals surface area contributed by atoms with E-state index < -0.39 is 0 Å². The molecule has 0 radical (unpaired) electrons. The maximum atomic E-state index is 6.02. The van der Waals surface area contributed by atoms with Crippen molar-refractivity contribution < 1.29 is 4.84 Å². The van der Waals surface area contributed by atoms with Crippen LogP contribution in [0.25, 0.3) is 0 Å². The lowest BCUT2D eigenvalue weighted by Gasteiger charge is -2.38. The van der Waals surface area contributed by atoms with Crippen molar-refractivity contribution in [3.8, 4) is 0 Å². The number of rotatable bonds is 4. The first kappa shape index (κ1) is 13.7. The fraction of sp³-hybridized carbons (Fsp3) is 0.571. The summed E-state index contributed by atoms with van der Waals surface area (Å²) in [6.07, 6.45) is 4.74. The van der Waals surface area contributed by atoms with Gasteiger partial charge >= 0.3 is 0 Å². The van der Waals surface area contributed by atoms with Gasteiger partial charge in [0.2, 0.25) is 0 Å². The van der Waals surface area contributed by atoms with E-state index in [9.17, 15) is 0 Å². The average Bonchev–Trinajstić information content (AvgIpc) is 2.37. The van der Waals surface area contributed by atoms with Crippen LogP contribution in [-0.2, 0) is 4.84 Å². The fourth-order valence-corrected chi connectivity index (χ4v) is 2.99. The van der Waals surface area contributed by atoms with Crippen LogP contribution in [0.3, 0.4) is 0 Å². The zero-order chi connectivity index (χ0) is 13.0. The number of benzene rings is 1. The standard InChI is InChI=1S/C14H21ClN2O/c1-11-10-12(15)5-6-14(11)17-8-3-2-4-13(17)7-9-18-16/h5-6,10,13H,2-4,7-9,16H2,1H3. The van der Waals surface area contributed by atoms with Crippen molar-refractivity contribution in [2.75, 3.05) is 18.1 Å². The number of aryl methyl sites for hydroxylation is 1. The van der Waals surface area contributed by atoms with Crippen LogP contribution < -0.4 is 10.8 Å². The van der Waals surface area contributed by atoms with Gasteiger partial charge in [-0.2, -0.15) is 0 Å². The van der Waals surface area contributed by atoms with E-state index in [4.69, 9.17) is 22.3 Å². The lowest BCUT2D eigenvalue weighted by molar-refractivity contribution is 0.127. The third-order valence-electron chi connectivity index (χ3n) is 3.66. The van der Waals surface area contributed by atoms with Gasteiger partial charge in [-0.15, -0.1) is 0 Å². The van der Waals surface area contributed by atoms with Gasteiger partial charge in [0.1, 0.15) is 0 Å². The molecule has 0 spiro atoms. The van der Waals surface area contributed by atoms with E-state index in [1.165, 1.54) is 30.5 Å². The molecule has 1 heterocycles. The maximum Gasteiger partial charge on any atom is 0.0698 e. The minimum absolute atomic E-state index is 0.530. The van der Waals surface area contributed by atoms with E-state index in [2.05, 4.69) is 17.9 Å². The number of hydrogen-bond acceptors (Lipinski definition) is 3. The van der Waals surface area contributed by atoms with Crippen LogP contribution in [0.15, 0.2) is 18.2 Å². The second-order valence-corrected chi connectivity index (χ2v) is 5.37. The number of piperidine rings is 1. The van der Waals surface area contributed by atoms with Crippen LogP contribution >= 0.6 is 11.6 Å². The number of halogens is 1. The summed E-state index contributed by atoms with van der Waals surface area (Å²) in [6, 6.07) is 6.65. The first-order valence-electron chi connectivity index (χ1n) is 6.57. The molecular formula is C14H21ClN2O. The normalized spacial score (nSPS) is 20.2. The molecule has 0 aliphatic carbocycles. The summed E-state index contributed by atoms with van der Waals surface area (Å²) in [5.74, 6) is 5.14. The second-order valence-electron chi connectivity index (χ2n) is 4.93.